The molecule has 0 saturated carbocycles. The third-order valence-corrected chi connectivity index (χ3v) is 2.07. The first kappa shape index (κ1) is 11.0. The van der Waals surface area contributed by atoms with Crippen molar-refractivity contribution in [2.45, 2.75) is 6.42 Å². The van der Waals surface area contributed by atoms with Crippen molar-refractivity contribution in [2.75, 3.05) is 17.8 Å². The molecule has 2 nitrogen and oxygen atoms in total. The first-order valence-corrected chi connectivity index (χ1v) is 4.76. The van der Waals surface area contributed by atoms with E-state index in [2.05, 4.69) is 0 Å². The van der Waals surface area contributed by atoms with E-state index in [-0.39, 0.29) is 24.0 Å². The van der Waals surface area contributed by atoms with Crippen LogP contribution in [0.1, 0.15) is 6.42 Å². The molecule has 1 rings (SSSR count). The zero-order valence-corrected chi connectivity index (χ0v) is 8.59. The van der Waals surface area contributed by atoms with Crippen LogP contribution < -0.4 is 4.90 Å². The fraction of sp³-hybridized carbons (Fsp3) is 0.300. The zero-order valence-electron chi connectivity index (χ0n) is 7.84. The summed E-state index contributed by atoms with van der Waals surface area (Å²) in [6.07, 6.45) is 0.259. The minimum absolute atomic E-state index is 0.120. The molecule has 1 amide bonds. The lowest BCUT2D eigenvalue weighted by Crippen LogP contribution is -2.26. The molecule has 0 spiro atoms. The minimum atomic E-state index is -0.354. The third kappa shape index (κ3) is 2.70. The smallest absolute Gasteiger partial charge is 0.227 e. The molecule has 0 heterocycles. The Labute approximate surface area is 87.3 Å². The quantitative estimate of drug-likeness (QED) is 0.710. The lowest BCUT2D eigenvalue weighted by Gasteiger charge is -2.16. The first-order chi connectivity index (χ1) is 6.65. The van der Waals surface area contributed by atoms with Crippen molar-refractivity contribution >= 4 is 23.2 Å². The van der Waals surface area contributed by atoms with Gasteiger partial charge >= 0.3 is 0 Å². The van der Waals surface area contributed by atoms with E-state index in [9.17, 15) is 9.18 Å². The van der Waals surface area contributed by atoms with Gasteiger partial charge in [-0.1, -0.05) is 6.07 Å². The Bertz CT molecular complexity index is 330. The molecule has 0 saturated heterocycles. The third-order valence-electron chi connectivity index (χ3n) is 1.88. The Hall–Kier alpha value is -1.09. The lowest BCUT2D eigenvalue weighted by molar-refractivity contribution is -0.117. The average Bonchev–Trinajstić information content (AvgIpc) is 2.17. The Morgan fingerprint density at radius 1 is 1.57 bits per heavy atom. The molecule has 0 atom stereocenters. The molecule has 4 heteroatoms. The van der Waals surface area contributed by atoms with Crippen molar-refractivity contribution < 1.29 is 9.18 Å². The summed E-state index contributed by atoms with van der Waals surface area (Å²) in [5.74, 6) is -0.197. The van der Waals surface area contributed by atoms with Crippen LogP contribution in [0.15, 0.2) is 24.3 Å². The first-order valence-electron chi connectivity index (χ1n) is 4.23. The van der Waals surface area contributed by atoms with Crippen LogP contribution >= 0.6 is 11.6 Å². The number of carbonyl (C=O) groups is 1. The van der Waals surface area contributed by atoms with E-state index in [0.717, 1.165) is 0 Å². The SMILES string of the molecule is CN(C(=O)CCCl)c1cccc(F)c1. The second-order valence-electron chi connectivity index (χ2n) is 2.87. The van der Waals surface area contributed by atoms with E-state index in [1.165, 1.54) is 17.0 Å². The maximum absolute atomic E-state index is 12.8. The standard InChI is InChI=1S/C10H11ClFNO/c1-13(10(14)5-6-11)9-4-2-3-8(12)7-9/h2-4,7H,5-6H2,1H3. The number of rotatable bonds is 3. The van der Waals surface area contributed by atoms with Crippen LogP contribution in [0.25, 0.3) is 0 Å². The summed E-state index contributed by atoms with van der Waals surface area (Å²) in [6, 6.07) is 5.89. The van der Waals surface area contributed by atoms with Gasteiger partial charge in [-0.3, -0.25) is 4.79 Å². The summed E-state index contributed by atoms with van der Waals surface area (Å²) in [5, 5.41) is 0. The van der Waals surface area contributed by atoms with Gasteiger partial charge in [-0.05, 0) is 18.2 Å². The zero-order chi connectivity index (χ0) is 10.6. The van der Waals surface area contributed by atoms with Crippen molar-refractivity contribution in [1.82, 2.24) is 0 Å². The number of hydrogen-bond donors (Lipinski definition) is 0. The van der Waals surface area contributed by atoms with Crippen LogP contribution in [-0.4, -0.2) is 18.8 Å². The summed E-state index contributed by atoms with van der Waals surface area (Å²) in [6.45, 7) is 0. The fourth-order valence-electron chi connectivity index (χ4n) is 1.08. The molecular weight excluding hydrogens is 205 g/mol. The number of anilines is 1. The van der Waals surface area contributed by atoms with E-state index in [4.69, 9.17) is 11.6 Å². The van der Waals surface area contributed by atoms with Crippen LogP contribution in [0.2, 0.25) is 0 Å². The van der Waals surface area contributed by atoms with Gasteiger partial charge in [0.05, 0.1) is 0 Å². The number of benzene rings is 1. The molecule has 0 radical (unpaired) electrons. The summed E-state index contributed by atoms with van der Waals surface area (Å²) >= 11 is 5.44. The van der Waals surface area contributed by atoms with Crippen molar-refractivity contribution in [1.29, 1.82) is 0 Å². The van der Waals surface area contributed by atoms with Gasteiger partial charge in [-0.25, -0.2) is 4.39 Å². The highest BCUT2D eigenvalue weighted by molar-refractivity contribution is 6.19. The molecule has 0 aliphatic carbocycles. The molecule has 1 aromatic carbocycles. The van der Waals surface area contributed by atoms with Gasteiger partial charge in [-0.2, -0.15) is 0 Å². The van der Waals surface area contributed by atoms with Crippen LogP contribution in [0, 0.1) is 5.82 Å². The maximum Gasteiger partial charge on any atom is 0.227 e. The van der Waals surface area contributed by atoms with E-state index >= 15 is 0 Å². The molecule has 76 valence electrons. The number of amides is 1. The summed E-state index contributed by atoms with van der Waals surface area (Å²) in [5.41, 5.74) is 0.542. The Morgan fingerprint density at radius 3 is 2.86 bits per heavy atom. The van der Waals surface area contributed by atoms with Crippen molar-refractivity contribution in [3.63, 3.8) is 0 Å². The van der Waals surface area contributed by atoms with Gasteiger partial charge in [0.15, 0.2) is 0 Å². The number of halogens is 2. The molecule has 1 aromatic rings. The molecule has 0 fully saturated rings. The summed E-state index contributed by atoms with van der Waals surface area (Å²) in [4.78, 5) is 12.8. The van der Waals surface area contributed by atoms with Gasteiger partial charge in [0.1, 0.15) is 5.82 Å². The van der Waals surface area contributed by atoms with Crippen LogP contribution in [-0.2, 0) is 4.79 Å². The van der Waals surface area contributed by atoms with Gasteiger partial charge < -0.3 is 4.90 Å². The molecule has 0 aromatic heterocycles. The van der Waals surface area contributed by atoms with Crippen LogP contribution in [0.3, 0.4) is 0 Å². The van der Waals surface area contributed by atoms with Crippen molar-refractivity contribution in [2.24, 2.45) is 0 Å². The normalized spacial score (nSPS) is 9.93. The van der Waals surface area contributed by atoms with Gasteiger partial charge in [0.25, 0.3) is 0 Å². The predicted octanol–water partition coefficient (Wildman–Crippen LogP) is 2.42. The second-order valence-corrected chi connectivity index (χ2v) is 3.25. The molecule has 0 aliphatic rings. The van der Waals surface area contributed by atoms with Crippen molar-refractivity contribution in [3.05, 3.63) is 30.1 Å². The minimum Gasteiger partial charge on any atom is -0.315 e. The van der Waals surface area contributed by atoms with Gasteiger partial charge in [-0.15, -0.1) is 11.6 Å². The highest BCUT2D eigenvalue weighted by atomic mass is 35.5. The largest absolute Gasteiger partial charge is 0.315 e. The number of alkyl halides is 1. The Kier molecular flexibility index (Phi) is 3.89. The fourth-order valence-corrected chi connectivity index (χ4v) is 1.24. The van der Waals surface area contributed by atoms with Crippen LogP contribution in [0.4, 0.5) is 10.1 Å². The molecule has 0 unspecified atom stereocenters. The molecular formula is C10H11ClFNO. The highest BCUT2D eigenvalue weighted by Gasteiger charge is 2.09. The maximum atomic E-state index is 12.8. The van der Waals surface area contributed by atoms with Crippen LogP contribution in [0.5, 0.6) is 0 Å². The summed E-state index contributed by atoms with van der Waals surface area (Å²) in [7, 11) is 1.60. The molecule has 0 N–H and O–H groups in total. The van der Waals surface area contributed by atoms with Gasteiger partial charge in [0, 0.05) is 25.0 Å². The molecule has 0 aliphatic heterocycles. The number of nitrogens with zero attached hydrogens (tertiary/aromatic N) is 1. The van der Waals surface area contributed by atoms with E-state index in [0.29, 0.717) is 5.69 Å². The topological polar surface area (TPSA) is 20.3 Å². The van der Waals surface area contributed by atoms with Crippen molar-refractivity contribution in [3.8, 4) is 0 Å². The highest BCUT2D eigenvalue weighted by Crippen LogP contribution is 2.14. The molecule has 14 heavy (non-hydrogen) atoms. The van der Waals surface area contributed by atoms with E-state index in [1.54, 1.807) is 19.2 Å². The van der Waals surface area contributed by atoms with Gasteiger partial charge in [0.2, 0.25) is 5.91 Å². The summed E-state index contributed by atoms with van der Waals surface area (Å²) < 4.78 is 12.8. The predicted molar refractivity (Wildman–Crippen MR) is 55.1 cm³/mol. The average molecular weight is 216 g/mol. The Balaban J connectivity index is 2.78. The number of hydrogen-bond acceptors (Lipinski definition) is 1. The monoisotopic (exact) mass is 215 g/mol. The molecule has 0 bridgehead atoms. The lowest BCUT2D eigenvalue weighted by atomic mass is 10.2. The van der Waals surface area contributed by atoms with E-state index in [1.807, 2.05) is 0 Å². The number of carbonyl (C=O) groups excluding carboxylic acids is 1. The van der Waals surface area contributed by atoms with E-state index < -0.39 is 0 Å². The second kappa shape index (κ2) is 4.96. The Morgan fingerprint density at radius 2 is 2.29 bits per heavy atom.